The van der Waals surface area contributed by atoms with E-state index in [1.807, 2.05) is 0 Å². The highest BCUT2D eigenvalue weighted by molar-refractivity contribution is 5.98. The number of carbonyl (C=O) groups is 3. The van der Waals surface area contributed by atoms with Crippen LogP contribution in [-0.2, 0) is 4.79 Å². The van der Waals surface area contributed by atoms with E-state index in [1.165, 1.54) is 25.0 Å². The number of Topliss-reactive ketones (excluding diaryl/α,β-unsaturated/α-hetero) is 1. The molecule has 0 unspecified atom stereocenters. The van der Waals surface area contributed by atoms with Crippen LogP contribution in [-0.4, -0.2) is 18.0 Å². The zero-order chi connectivity index (χ0) is 18.2. The number of hydrogen-bond acceptors (Lipinski definition) is 4. The van der Waals surface area contributed by atoms with E-state index in [0.717, 1.165) is 19.3 Å². The number of unbranched alkanes of at least 4 members (excludes halogenated alkanes) is 4. The fraction of sp³-hybridized carbons (Fsp3) is 0.550. The Morgan fingerprint density at radius 3 is 2.33 bits per heavy atom. The monoisotopic (exact) mass is 332 g/mol. The minimum absolute atomic E-state index is 0.0169. The Hall–Kier alpha value is -1.97. The lowest BCUT2D eigenvalue weighted by atomic mass is 9.97. The van der Waals surface area contributed by atoms with E-state index < -0.39 is 11.4 Å². The molecule has 0 amide bonds. The van der Waals surface area contributed by atoms with Crippen molar-refractivity contribution in [3.63, 3.8) is 0 Å². The van der Waals surface area contributed by atoms with Crippen molar-refractivity contribution in [1.82, 2.24) is 0 Å². The normalized spacial score (nSPS) is 11.2. The molecule has 0 fully saturated rings. The van der Waals surface area contributed by atoms with Gasteiger partial charge in [0.05, 0.1) is 11.0 Å². The van der Waals surface area contributed by atoms with Gasteiger partial charge in [0.2, 0.25) is 0 Å². The first-order valence-electron chi connectivity index (χ1n) is 8.64. The van der Waals surface area contributed by atoms with Crippen LogP contribution in [0.1, 0.15) is 86.9 Å². The molecule has 0 radical (unpaired) electrons. The molecule has 24 heavy (non-hydrogen) atoms. The first-order chi connectivity index (χ1) is 11.3. The third-order valence-corrected chi connectivity index (χ3v) is 3.78. The predicted octanol–water partition coefficient (Wildman–Crippen LogP) is 4.99. The summed E-state index contributed by atoms with van der Waals surface area (Å²) < 4.78 is 5.28. The van der Waals surface area contributed by atoms with Crippen molar-refractivity contribution in [3.8, 4) is 5.75 Å². The molecule has 0 atom stereocenters. The lowest BCUT2D eigenvalue weighted by Crippen LogP contribution is -2.26. The maximum absolute atomic E-state index is 12.2. The van der Waals surface area contributed by atoms with Crippen LogP contribution < -0.4 is 4.74 Å². The van der Waals surface area contributed by atoms with Crippen LogP contribution in [0.3, 0.4) is 0 Å². The number of hydrogen-bond donors (Lipinski definition) is 0. The highest BCUT2D eigenvalue weighted by Crippen LogP contribution is 2.24. The van der Waals surface area contributed by atoms with Gasteiger partial charge in [-0.05, 0) is 45.4 Å². The molecule has 0 aliphatic carbocycles. The molecule has 0 N–H and O–H groups in total. The second-order valence-electron chi connectivity index (χ2n) is 7.10. The van der Waals surface area contributed by atoms with E-state index in [0.29, 0.717) is 18.3 Å². The zero-order valence-electron chi connectivity index (χ0n) is 15.2. The molecule has 4 heteroatoms. The van der Waals surface area contributed by atoms with Gasteiger partial charge in [0.25, 0.3) is 0 Å². The van der Waals surface area contributed by atoms with Crippen molar-refractivity contribution in [1.29, 1.82) is 0 Å². The van der Waals surface area contributed by atoms with Crippen LogP contribution in [0.15, 0.2) is 18.2 Å². The van der Waals surface area contributed by atoms with Gasteiger partial charge in [-0.1, -0.05) is 32.6 Å². The maximum Gasteiger partial charge on any atom is 0.316 e. The van der Waals surface area contributed by atoms with E-state index >= 15 is 0 Å². The Labute approximate surface area is 144 Å². The van der Waals surface area contributed by atoms with Gasteiger partial charge in [-0.25, -0.2) is 0 Å². The van der Waals surface area contributed by atoms with Crippen molar-refractivity contribution in [3.05, 3.63) is 29.3 Å². The number of benzene rings is 1. The molecule has 132 valence electrons. The lowest BCUT2D eigenvalue weighted by Gasteiger charge is -2.17. The molecule has 0 saturated heterocycles. The van der Waals surface area contributed by atoms with E-state index in [-0.39, 0.29) is 17.1 Å². The Balaban J connectivity index is 2.74. The van der Waals surface area contributed by atoms with Gasteiger partial charge in [-0.15, -0.1) is 0 Å². The highest BCUT2D eigenvalue weighted by atomic mass is 16.5. The van der Waals surface area contributed by atoms with Gasteiger partial charge in [-0.3, -0.25) is 14.4 Å². The Morgan fingerprint density at radius 2 is 1.75 bits per heavy atom. The molecule has 1 aromatic rings. The Bertz CT molecular complexity index is 582. The molecule has 0 aliphatic rings. The van der Waals surface area contributed by atoms with Gasteiger partial charge in [0, 0.05) is 12.0 Å². The third-order valence-electron chi connectivity index (χ3n) is 3.78. The lowest BCUT2D eigenvalue weighted by molar-refractivity contribution is -0.143. The van der Waals surface area contributed by atoms with Gasteiger partial charge >= 0.3 is 5.97 Å². The number of rotatable bonds is 9. The summed E-state index contributed by atoms with van der Waals surface area (Å²) in [6.07, 6.45) is 6.50. The van der Waals surface area contributed by atoms with Crippen LogP contribution in [0.4, 0.5) is 0 Å². The van der Waals surface area contributed by atoms with Crippen LogP contribution in [0.5, 0.6) is 5.75 Å². The Morgan fingerprint density at radius 1 is 1.08 bits per heavy atom. The molecule has 4 nitrogen and oxygen atoms in total. The fourth-order valence-electron chi connectivity index (χ4n) is 2.19. The molecule has 0 spiro atoms. The molecule has 1 aromatic carbocycles. The van der Waals surface area contributed by atoms with Gasteiger partial charge < -0.3 is 4.74 Å². The van der Waals surface area contributed by atoms with E-state index in [9.17, 15) is 14.4 Å². The number of ether oxygens (including phenoxy) is 1. The number of esters is 1. The smallest absolute Gasteiger partial charge is 0.316 e. The average molecular weight is 332 g/mol. The summed E-state index contributed by atoms with van der Waals surface area (Å²) in [5.41, 5.74) is 0.0558. The zero-order valence-corrected chi connectivity index (χ0v) is 15.2. The van der Waals surface area contributed by atoms with Crippen molar-refractivity contribution in [2.24, 2.45) is 5.41 Å². The first kappa shape index (κ1) is 20.1. The number of ketones is 1. The molecular formula is C20H28O4. The summed E-state index contributed by atoms with van der Waals surface area (Å²) >= 11 is 0. The van der Waals surface area contributed by atoms with E-state index in [1.54, 1.807) is 26.8 Å². The fourth-order valence-corrected chi connectivity index (χ4v) is 2.19. The van der Waals surface area contributed by atoms with Gasteiger partial charge in [0.15, 0.2) is 12.1 Å². The minimum Gasteiger partial charge on any atom is -0.425 e. The molecule has 0 saturated carbocycles. The number of carbonyl (C=O) groups excluding carboxylic acids is 3. The SMILES string of the molecule is CCCCCCCC(=O)c1ccc(OC(=O)C(C)(C)C)c(C=O)c1. The molecule has 0 aromatic heterocycles. The van der Waals surface area contributed by atoms with Crippen molar-refractivity contribution < 1.29 is 19.1 Å². The molecular weight excluding hydrogens is 304 g/mol. The van der Waals surface area contributed by atoms with Crippen LogP contribution in [0, 0.1) is 5.41 Å². The largest absolute Gasteiger partial charge is 0.425 e. The molecule has 1 rings (SSSR count). The summed E-state index contributed by atoms with van der Waals surface area (Å²) in [6.45, 7) is 7.38. The first-order valence-corrected chi connectivity index (χ1v) is 8.64. The molecule has 0 aliphatic heterocycles. The molecule has 0 heterocycles. The van der Waals surface area contributed by atoms with Gasteiger partial charge in [0.1, 0.15) is 5.75 Å². The summed E-state index contributed by atoms with van der Waals surface area (Å²) in [5, 5.41) is 0. The quantitative estimate of drug-likeness (QED) is 0.210. The predicted molar refractivity (Wildman–Crippen MR) is 94.6 cm³/mol. The van der Waals surface area contributed by atoms with Crippen LogP contribution >= 0.6 is 0 Å². The van der Waals surface area contributed by atoms with E-state index in [2.05, 4.69) is 6.92 Å². The topological polar surface area (TPSA) is 60.4 Å². The summed E-state index contributed by atoms with van der Waals surface area (Å²) in [4.78, 5) is 35.4. The second kappa shape index (κ2) is 9.36. The average Bonchev–Trinajstić information content (AvgIpc) is 2.53. The van der Waals surface area contributed by atoms with Gasteiger partial charge in [-0.2, -0.15) is 0 Å². The summed E-state index contributed by atoms with van der Waals surface area (Å²) in [5.74, 6) is -0.201. The second-order valence-corrected chi connectivity index (χ2v) is 7.10. The molecule has 0 bridgehead atoms. The Kier molecular flexibility index (Phi) is 7.83. The van der Waals surface area contributed by atoms with Crippen LogP contribution in [0.25, 0.3) is 0 Å². The third kappa shape index (κ3) is 6.26. The summed E-state index contributed by atoms with van der Waals surface area (Å²) in [7, 11) is 0. The summed E-state index contributed by atoms with van der Waals surface area (Å²) in [6, 6.07) is 4.65. The standard InChI is InChI=1S/C20H28O4/c1-5-6-7-8-9-10-17(22)15-11-12-18(16(13-15)14-21)24-19(23)20(2,3)4/h11-14H,5-10H2,1-4H3. The highest BCUT2D eigenvalue weighted by Gasteiger charge is 2.24. The minimum atomic E-state index is -0.660. The van der Waals surface area contributed by atoms with Crippen LogP contribution in [0.2, 0.25) is 0 Å². The number of aldehydes is 1. The van der Waals surface area contributed by atoms with E-state index in [4.69, 9.17) is 4.74 Å². The van der Waals surface area contributed by atoms with Crippen molar-refractivity contribution in [2.45, 2.75) is 66.2 Å². The van der Waals surface area contributed by atoms with Crippen molar-refractivity contribution >= 4 is 18.0 Å². The maximum atomic E-state index is 12.2. The van der Waals surface area contributed by atoms with Crippen molar-refractivity contribution in [2.75, 3.05) is 0 Å².